The molecule has 0 bridgehead atoms. The van der Waals surface area contributed by atoms with Gasteiger partial charge < -0.3 is 0 Å². The first-order chi connectivity index (χ1) is 57.2. The summed E-state index contributed by atoms with van der Waals surface area (Å²) in [6, 6.07) is 0. The van der Waals surface area contributed by atoms with Gasteiger partial charge in [-0.25, -0.2) is 0 Å². The number of hydrogen-bond acceptors (Lipinski definition) is 35. The molecule has 2 fully saturated rings. The predicted molar refractivity (Wildman–Crippen MR) is 478 cm³/mol. The number of unbranched alkanes of at least 4 members (excludes halogenated alkanes) is 16. The average molecular weight is 1900 g/mol. The van der Waals surface area contributed by atoms with Crippen molar-refractivity contribution in [2.24, 2.45) is 0 Å². The second-order valence-corrected chi connectivity index (χ2v) is 44.8. The van der Waals surface area contributed by atoms with E-state index in [1.165, 1.54) is 0 Å². The van der Waals surface area contributed by atoms with Crippen molar-refractivity contribution < 1.29 is 162 Å². The van der Waals surface area contributed by atoms with Crippen LogP contribution < -0.4 is 0 Å². The van der Waals surface area contributed by atoms with Crippen LogP contribution in [0.25, 0.3) is 0 Å². The summed E-state index contributed by atoms with van der Waals surface area (Å²) >= 11 is 0. The quantitative estimate of drug-likeness (QED) is 0.0207. The van der Waals surface area contributed by atoms with E-state index in [2.05, 4.69) is 0 Å². The van der Waals surface area contributed by atoms with Crippen LogP contribution in [-0.2, 0) is 123 Å². The maximum absolute atomic E-state index is 13.6. The van der Waals surface area contributed by atoms with Crippen LogP contribution in [0.5, 0.6) is 0 Å². The van der Waals surface area contributed by atoms with Crippen LogP contribution in [0.15, 0.2) is 0 Å². The zero-order valence-electron chi connectivity index (χ0n) is 75.7. The topological polar surface area (TPSA) is 411 Å². The van der Waals surface area contributed by atoms with Crippen molar-refractivity contribution in [1.29, 1.82) is 0 Å². The van der Waals surface area contributed by atoms with Gasteiger partial charge in [0.05, 0.1) is 0 Å². The van der Waals surface area contributed by atoms with E-state index in [-0.39, 0.29) is 106 Å². The fraction of sp³-hybridized carbons (Fsp3) is 1.00. The van der Waals surface area contributed by atoms with E-state index in [4.69, 9.17) is 123 Å². The van der Waals surface area contributed by atoms with Crippen LogP contribution in [0, 0.1) is 0 Å². The van der Waals surface area contributed by atoms with Gasteiger partial charge in [0.15, 0.2) is 0 Å². The monoisotopic (exact) mass is 1890 g/mol. The molecule has 119 heavy (non-hydrogen) atoms. The fourth-order valence-corrected chi connectivity index (χ4v) is 23.5. The van der Waals surface area contributed by atoms with E-state index >= 15 is 0 Å². The summed E-state index contributed by atoms with van der Waals surface area (Å²) in [5, 5.41) is 0. The summed E-state index contributed by atoms with van der Waals surface area (Å²) in [7, 11) is -41.1. The van der Waals surface area contributed by atoms with Crippen molar-refractivity contribution >= 4 is 65.4 Å². The Bertz CT molecular complexity index is 2300. The van der Waals surface area contributed by atoms with Crippen molar-refractivity contribution in [1.82, 2.24) is 0 Å². The third kappa shape index (κ3) is 49.4. The molecule has 0 amide bonds. The molecular weight excluding hydrogens is 1720 g/mol. The normalized spacial score (nSPS) is 21.9. The zero-order chi connectivity index (χ0) is 88.2. The molecule has 0 spiro atoms. The van der Waals surface area contributed by atoms with Gasteiger partial charge in [-0.2, -0.15) is 0 Å². The van der Waals surface area contributed by atoms with E-state index in [1.807, 2.05) is 111 Å². The Morgan fingerprint density at radius 1 is 0.176 bits per heavy atom. The average Bonchev–Trinajstić information content (AvgIpc) is 0.749. The van der Waals surface area contributed by atoms with E-state index in [1.54, 1.807) is 0 Å². The van der Waals surface area contributed by atoms with Gasteiger partial charge >= 0.3 is 724 Å². The van der Waals surface area contributed by atoms with E-state index < -0.39 is 140 Å². The standard InChI is InChI=1S/C76H174O35P8/c1-17-33-49-85-112(77,86-50-34-18-2)101-65-67-69(71(107-115(80,91-55-39-23-7)92-56-40-24-8)74(110-118(83,97-61-45-29-13)98-62-46-30-14)76(104-67)111-119(84,99-63-47-31-15)100-64-48-32-16)105-75-73(109-117(82,95-59-43-27-11)96-60-44-28-12)72(108-116(81,93-57-41-25-9)94-58-42-26-10)70(106-114(79,89-53-37-21-5)90-54-38-22-6)68(103-75)66-102-113(78,87-51-35-19-3)88-52-36-20-4/h67-84,112-119H,17-66H2,1-16H3/t67?,68?,69-,70+,71+,72?,73+,74?,75+,76?/m1/s1. The molecule has 0 radical (unpaired) electrons. The van der Waals surface area contributed by atoms with Gasteiger partial charge in [-0.3, -0.25) is 0 Å². The summed E-state index contributed by atoms with van der Waals surface area (Å²) < 4.78 is 180. The van der Waals surface area contributed by atoms with E-state index in [0.29, 0.717) is 205 Å². The molecule has 5 unspecified atom stereocenters. The van der Waals surface area contributed by atoms with Crippen molar-refractivity contribution in [3.63, 3.8) is 0 Å². The van der Waals surface area contributed by atoms with Crippen molar-refractivity contribution in [3.8, 4) is 0 Å². The molecule has 2 rings (SSSR count). The summed E-state index contributed by atoms with van der Waals surface area (Å²) in [5.74, 6) is 0. The Balaban J connectivity index is 3.99. The second-order valence-electron chi connectivity index (χ2n) is 29.8. The summed E-state index contributed by atoms with van der Waals surface area (Å²) in [6.45, 7) is 27.8. The molecule has 8 N–H and O–H groups in total. The Morgan fingerprint density at radius 3 is 0.555 bits per heavy atom. The minimum atomic E-state index is -5.32. The minimum absolute atomic E-state index is 0.0118. The van der Waals surface area contributed by atoms with Crippen molar-refractivity contribution in [2.45, 2.75) is 378 Å². The summed E-state index contributed by atoms with van der Waals surface area (Å²) in [5.41, 5.74) is 0. The van der Waals surface area contributed by atoms with Crippen molar-refractivity contribution in [2.75, 3.05) is 119 Å². The van der Waals surface area contributed by atoms with Crippen LogP contribution in [0.1, 0.15) is 316 Å². The molecule has 2 aliphatic heterocycles. The molecule has 35 nitrogen and oxygen atoms in total. The van der Waals surface area contributed by atoms with Gasteiger partial charge in [-0.15, -0.1) is 0 Å². The third-order valence-electron chi connectivity index (χ3n) is 18.5. The summed E-state index contributed by atoms with van der Waals surface area (Å²) in [6.07, 6.45) is -4.07. The van der Waals surface area contributed by atoms with Crippen LogP contribution in [0.2, 0.25) is 0 Å². The molecular formula is C76H174O35P8. The molecule has 43 heteroatoms. The Hall–Kier alpha value is 2.04. The zero-order valence-corrected chi connectivity index (χ0v) is 83.7. The molecule has 0 saturated carbocycles. The van der Waals surface area contributed by atoms with Crippen LogP contribution in [0.3, 0.4) is 0 Å². The number of rotatable bonds is 84. The van der Waals surface area contributed by atoms with Crippen molar-refractivity contribution in [3.05, 3.63) is 0 Å². The van der Waals surface area contributed by atoms with Gasteiger partial charge in [-0.05, 0) is 0 Å². The SMILES string of the molecule is CCCCO[PH](O)(OCCCC)OCC1O[C@@H](O[C@@H]2C(CO[PH](O)(OCCCC)OCCCC)OC(O[PH](O)(OCCCC)OCCCC)C(O[PH](O)(OCCCC)OCCCC)[C@H]2O[PH](O)(OCCCC)OCCCC)[C@@H](O[PH](O)(OCCCC)OCCCC)C(O[PH](O)(OCCCC)OCCCC)[C@H]1O[PH](O)(OCCCC)OCCCC. The molecule has 2 saturated heterocycles. The van der Waals surface area contributed by atoms with Crippen LogP contribution in [0.4, 0.5) is 0 Å². The molecule has 728 valence electrons. The summed E-state index contributed by atoms with van der Waals surface area (Å²) in [4.78, 5) is 106. The number of hydrogen-bond donors (Lipinski definition) is 8. The maximum atomic E-state index is 13.6. The first-order valence-electron chi connectivity index (χ1n) is 45.5. The third-order valence-corrected chi connectivity index (χ3v) is 32.1. The first-order valence-corrected chi connectivity index (χ1v) is 58.9. The van der Waals surface area contributed by atoms with Gasteiger partial charge in [0, 0.05) is 0 Å². The molecule has 0 aliphatic carbocycles. The molecule has 0 aromatic carbocycles. The van der Waals surface area contributed by atoms with Gasteiger partial charge in [0.1, 0.15) is 0 Å². The van der Waals surface area contributed by atoms with E-state index in [0.717, 1.165) is 0 Å². The van der Waals surface area contributed by atoms with Gasteiger partial charge in [0.2, 0.25) is 0 Å². The Labute approximate surface area is 720 Å². The molecule has 2 aliphatic rings. The van der Waals surface area contributed by atoms with E-state index in [9.17, 15) is 39.1 Å². The van der Waals surface area contributed by atoms with Crippen LogP contribution >= 0.6 is 65.4 Å². The van der Waals surface area contributed by atoms with Gasteiger partial charge in [0.25, 0.3) is 0 Å². The molecule has 2 heterocycles. The number of ether oxygens (including phenoxy) is 3. The second kappa shape index (κ2) is 69.0. The van der Waals surface area contributed by atoms with Crippen LogP contribution in [-0.4, -0.2) is 219 Å². The molecule has 0 aromatic heterocycles. The Morgan fingerprint density at radius 2 is 0.336 bits per heavy atom. The first kappa shape index (κ1) is 117. The Kier molecular flexibility index (Phi) is 67.9. The van der Waals surface area contributed by atoms with Gasteiger partial charge in [-0.1, -0.05) is 0 Å². The predicted octanol–water partition coefficient (Wildman–Crippen LogP) is 19.1. The molecule has 0 aromatic rings. The fourth-order valence-electron chi connectivity index (χ4n) is 11.0. The molecule has 10 atom stereocenters.